The Labute approximate surface area is 174 Å². The highest BCUT2D eigenvalue weighted by Crippen LogP contribution is 2.25. The number of benzene rings is 2. The number of para-hydroxylation sites is 1. The van der Waals surface area contributed by atoms with Crippen LogP contribution in [-0.2, 0) is 14.3 Å². The van der Waals surface area contributed by atoms with E-state index < -0.39 is 12.1 Å². The normalized spacial score (nSPS) is 12.0. The van der Waals surface area contributed by atoms with Gasteiger partial charge in [-0.3, -0.25) is 4.79 Å². The van der Waals surface area contributed by atoms with Crippen molar-refractivity contribution in [1.29, 1.82) is 0 Å². The van der Waals surface area contributed by atoms with Crippen LogP contribution in [0.3, 0.4) is 0 Å². The number of rotatable bonds is 7. The van der Waals surface area contributed by atoms with E-state index >= 15 is 0 Å². The molecular formula is C23H22FN3O3. The summed E-state index contributed by atoms with van der Waals surface area (Å²) in [6, 6.07) is 15.4. The van der Waals surface area contributed by atoms with E-state index in [9.17, 15) is 14.0 Å². The van der Waals surface area contributed by atoms with Gasteiger partial charge in [0.25, 0.3) is 5.91 Å². The molecule has 154 valence electrons. The van der Waals surface area contributed by atoms with E-state index in [1.807, 2.05) is 30.3 Å². The second-order valence-corrected chi connectivity index (χ2v) is 6.53. The minimum atomic E-state index is -0.897. The van der Waals surface area contributed by atoms with E-state index in [0.29, 0.717) is 23.4 Å². The summed E-state index contributed by atoms with van der Waals surface area (Å²) in [4.78, 5) is 23.9. The number of ether oxygens (including phenoxy) is 1. The summed E-state index contributed by atoms with van der Waals surface area (Å²) in [7, 11) is 0. The van der Waals surface area contributed by atoms with Gasteiger partial charge < -0.3 is 10.1 Å². The Hall–Kier alpha value is -3.74. The number of carbonyl (C=O) groups excluding carboxylic acids is 2. The van der Waals surface area contributed by atoms with Crippen LogP contribution in [-0.4, -0.2) is 34.3 Å². The molecule has 0 radical (unpaired) electrons. The lowest BCUT2D eigenvalue weighted by molar-refractivity contribution is -0.150. The van der Waals surface area contributed by atoms with Crippen molar-refractivity contribution in [1.82, 2.24) is 15.1 Å². The predicted octanol–water partition coefficient (Wildman–Crippen LogP) is 3.76. The van der Waals surface area contributed by atoms with E-state index in [1.54, 1.807) is 36.0 Å². The van der Waals surface area contributed by atoms with E-state index in [-0.39, 0.29) is 11.7 Å². The smallest absolute Gasteiger partial charge is 0.331 e. The predicted molar refractivity (Wildman–Crippen MR) is 112 cm³/mol. The van der Waals surface area contributed by atoms with Gasteiger partial charge in [-0.05, 0) is 56.3 Å². The minimum absolute atomic E-state index is 0.346. The molecule has 0 spiro atoms. The van der Waals surface area contributed by atoms with Gasteiger partial charge in [0.2, 0.25) is 0 Å². The first-order chi connectivity index (χ1) is 14.5. The topological polar surface area (TPSA) is 73.2 Å². The molecular weight excluding hydrogens is 385 g/mol. The number of carbonyl (C=O) groups is 2. The lowest BCUT2D eigenvalue weighted by Crippen LogP contribution is -2.35. The van der Waals surface area contributed by atoms with Crippen molar-refractivity contribution in [2.45, 2.75) is 20.0 Å². The van der Waals surface area contributed by atoms with Crippen molar-refractivity contribution in [2.75, 3.05) is 6.54 Å². The SMILES string of the molecule is CCNC(=O)[C@H](C)OC(=O)/C=C/c1cn(-c2ccccc2)nc1-c1ccc(F)cc1. The molecule has 2 aromatic carbocycles. The molecule has 30 heavy (non-hydrogen) atoms. The first-order valence-electron chi connectivity index (χ1n) is 9.55. The zero-order valence-corrected chi connectivity index (χ0v) is 16.7. The van der Waals surface area contributed by atoms with Crippen molar-refractivity contribution in [3.63, 3.8) is 0 Å². The molecule has 0 saturated carbocycles. The van der Waals surface area contributed by atoms with E-state index in [2.05, 4.69) is 10.4 Å². The summed E-state index contributed by atoms with van der Waals surface area (Å²) in [5, 5.41) is 7.20. The fourth-order valence-corrected chi connectivity index (χ4v) is 2.80. The lowest BCUT2D eigenvalue weighted by Gasteiger charge is -2.10. The van der Waals surface area contributed by atoms with Crippen molar-refractivity contribution in [2.24, 2.45) is 0 Å². The summed E-state index contributed by atoms with van der Waals surface area (Å²) in [6.45, 7) is 3.75. The highest BCUT2D eigenvalue weighted by atomic mass is 19.1. The Morgan fingerprint density at radius 2 is 1.87 bits per heavy atom. The lowest BCUT2D eigenvalue weighted by atomic mass is 10.1. The number of nitrogens with zero attached hydrogens (tertiary/aromatic N) is 2. The largest absolute Gasteiger partial charge is 0.449 e. The molecule has 0 aliphatic carbocycles. The average molecular weight is 407 g/mol. The van der Waals surface area contributed by atoms with Gasteiger partial charge in [0.1, 0.15) is 5.82 Å². The molecule has 0 bridgehead atoms. The Morgan fingerprint density at radius 3 is 2.53 bits per heavy atom. The van der Waals surface area contributed by atoms with Crippen LogP contribution >= 0.6 is 0 Å². The summed E-state index contributed by atoms with van der Waals surface area (Å²) in [5.74, 6) is -1.35. The zero-order chi connectivity index (χ0) is 21.5. The molecule has 0 unspecified atom stereocenters. The first-order valence-corrected chi connectivity index (χ1v) is 9.55. The highest BCUT2D eigenvalue weighted by molar-refractivity contribution is 5.91. The standard InChI is InChI=1S/C23H22FN3O3/c1-3-25-23(29)16(2)30-21(28)14-11-18-15-27(20-7-5-4-6-8-20)26-22(18)17-9-12-19(24)13-10-17/h4-16H,3H2,1-2H3,(H,25,29)/b14-11+/t16-/m0/s1. The molecule has 1 atom stereocenters. The van der Waals surface area contributed by atoms with Crippen molar-refractivity contribution in [3.05, 3.63) is 78.3 Å². The molecule has 1 aromatic heterocycles. The van der Waals surface area contributed by atoms with Crippen LogP contribution in [0.25, 0.3) is 23.0 Å². The molecule has 1 N–H and O–H groups in total. The molecule has 1 heterocycles. The van der Waals surface area contributed by atoms with E-state index in [4.69, 9.17) is 4.74 Å². The molecule has 0 saturated heterocycles. The Bertz CT molecular complexity index is 1040. The van der Waals surface area contributed by atoms with Crippen LogP contribution in [0.1, 0.15) is 19.4 Å². The highest BCUT2D eigenvalue weighted by Gasteiger charge is 2.16. The maximum atomic E-state index is 13.3. The maximum Gasteiger partial charge on any atom is 0.331 e. The van der Waals surface area contributed by atoms with E-state index in [1.165, 1.54) is 25.1 Å². The van der Waals surface area contributed by atoms with Gasteiger partial charge in [-0.25, -0.2) is 13.9 Å². The second-order valence-electron chi connectivity index (χ2n) is 6.53. The number of amides is 1. The molecule has 3 rings (SSSR count). The number of hydrogen-bond acceptors (Lipinski definition) is 4. The van der Waals surface area contributed by atoms with Gasteiger partial charge >= 0.3 is 5.97 Å². The van der Waals surface area contributed by atoms with E-state index in [0.717, 1.165) is 5.69 Å². The summed E-state index contributed by atoms with van der Waals surface area (Å²) in [5.41, 5.74) is 2.77. The van der Waals surface area contributed by atoms with Crippen molar-refractivity contribution >= 4 is 18.0 Å². The quantitative estimate of drug-likeness (QED) is 0.478. The summed E-state index contributed by atoms with van der Waals surface area (Å²) < 4.78 is 20.1. The fourth-order valence-electron chi connectivity index (χ4n) is 2.80. The molecule has 3 aromatic rings. The average Bonchev–Trinajstić information content (AvgIpc) is 3.18. The third-order valence-electron chi connectivity index (χ3n) is 4.29. The van der Waals surface area contributed by atoms with Crippen molar-refractivity contribution in [3.8, 4) is 16.9 Å². The van der Waals surface area contributed by atoms with Gasteiger partial charge in [0.15, 0.2) is 6.10 Å². The third-order valence-corrected chi connectivity index (χ3v) is 4.29. The number of likely N-dealkylation sites (N-methyl/N-ethyl adjacent to an activating group) is 1. The number of hydrogen-bond donors (Lipinski definition) is 1. The van der Waals surface area contributed by atoms with Crippen LogP contribution < -0.4 is 5.32 Å². The van der Waals surface area contributed by atoms with Gasteiger partial charge in [-0.2, -0.15) is 5.10 Å². The Kier molecular flexibility index (Phi) is 6.75. The van der Waals surface area contributed by atoms with Crippen LogP contribution in [0.4, 0.5) is 4.39 Å². The van der Waals surface area contributed by atoms with Crippen LogP contribution in [0, 0.1) is 5.82 Å². The van der Waals surface area contributed by atoms with Crippen LogP contribution in [0.2, 0.25) is 0 Å². The van der Waals surface area contributed by atoms with Crippen LogP contribution in [0.15, 0.2) is 66.9 Å². The fraction of sp³-hybridized carbons (Fsp3) is 0.174. The summed E-state index contributed by atoms with van der Waals surface area (Å²) in [6.07, 6.45) is 3.68. The maximum absolute atomic E-state index is 13.3. The first kappa shape index (κ1) is 21.0. The van der Waals surface area contributed by atoms with Gasteiger partial charge in [0, 0.05) is 29.9 Å². The minimum Gasteiger partial charge on any atom is -0.449 e. The zero-order valence-electron chi connectivity index (χ0n) is 16.7. The third kappa shape index (κ3) is 5.20. The Balaban J connectivity index is 1.88. The van der Waals surface area contributed by atoms with Crippen LogP contribution in [0.5, 0.6) is 0 Å². The molecule has 6 nitrogen and oxygen atoms in total. The molecule has 7 heteroatoms. The van der Waals surface area contributed by atoms with Gasteiger partial charge in [-0.1, -0.05) is 18.2 Å². The molecule has 0 fully saturated rings. The number of nitrogens with one attached hydrogen (secondary N) is 1. The van der Waals surface area contributed by atoms with Crippen molar-refractivity contribution < 1.29 is 18.7 Å². The monoisotopic (exact) mass is 407 g/mol. The number of halogens is 1. The second kappa shape index (κ2) is 9.65. The summed E-state index contributed by atoms with van der Waals surface area (Å²) >= 11 is 0. The molecule has 0 aliphatic heterocycles. The number of esters is 1. The van der Waals surface area contributed by atoms with Gasteiger partial charge in [-0.15, -0.1) is 0 Å². The Morgan fingerprint density at radius 1 is 1.17 bits per heavy atom. The molecule has 0 aliphatic rings. The molecule has 1 amide bonds. The number of aromatic nitrogens is 2. The van der Waals surface area contributed by atoms with Gasteiger partial charge in [0.05, 0.1) is 11.4 Å².